The van der Waals surface area contributed by atoms with Gasteiger partial charge in [-0.3, -0.25) is 9.63 Å². The van der Waals surface area contributed by atoms with E-state index >= 15 is 0 Å². The van der Waals surface area contributed by atoms with Gasteiger partial charge in [0.2, 0.25) is 0 Å². The number of methoxy groups -OCH3 is 1. The molecule has 18 heavy (non-hydrogen) atoms. The summed E-state index contributed by atoms with van der Waals surface area (Å²) in [5, 5.41) is 1.09. The zero-order valence-corrected chi connectivity index (χ0v) is 10.4. The summed E-state index contributed by atoms with van der Waals surface area (Å²) in [6, 6.07) is 5.44. The van der Waals surface area contributed by atoms with Gasteiger partial charge in [-0.2, -0.15) is 5.06 Å². The number of carbonyl (C=O) groups excluding carboxylic acids is 2. The van der Waals surface area contributed by atoms with Crippen LogP contribution in [0.4, 0.5) is 0 Å². The Labute approximate surface area is 105 Å². The van der Waals surface area contributed by atoms with Crippen molar-refractivity contribution in [1.29, 1.82) is 0 Å². The lowest BCUT2D eigenvalue weighted by Crippen LogP contribution is -2.22. The summed E-state index contributed by atoms with van der Waals surface area (Å²) >= 11 is 0. The predicted octanol–water partition coefficient (Wildman–Crippen LogP) is 1.53. The number of fused-ring (bicyclic) bond motifs is 1. The molecule has 0 fully saturated rings. The van der Waals surface area contributed by atoms with Crippen molar-refractivity contribution in [2.24, 2.45) is 0 Å². The molecule has 1 aliphatic rings. The first-order valence-electron chi connectivity index (χ1n) is 5.38. The van der Waals surface area contributed by atoms with Crippen LogP contribution in [-0.4, -0.2) is 31.2 Å². The first-order valence-corrected chi connectivity index (χ1v) is 5.38. The fourth-order valence-electron chi connectivity index (χ4n) is 1.97. The van der Waals surface area contributed by atoms with Gasteiger partial charge in [-0.25, -0.2) is 4.79 Å². The molecule has 5 heteroatoms. The third-order valence-corrected chi connectivity index (χ3v) is 2.80. The van der Waals surface area contributed by atoms with E-state index in [1.54, 1.807) is 6.07 Å². The molecule has 1 amide bonds. The van der Waals surface area contributed by atoms with Gasteiger partial charge in [-0.15, -0.1) is 0 Å². The molecule has 94 valence electrons. The lowest BCUT2D eigenvalue weighted by molar-refractivity contribution is -0.135. The minimum absolute atomic E-state index is 0.277. The van der Waals surface area contributed by atoms with E-state index < -0.39 is 5.97 Å². The van der Waals surface area contributed by atoms with E-state index in [0.29, 0.717) is 16.8 Å². The molecule has 0 radical (unpaired) electrons. The van der Waals surface area contributed by atoms with Crippen LogP contribution in [0.15, 0.2) is 24.3 Å². The van der Waals surface area contributed by atoms with E-state index in [1.165, 1.54) is 20.3 Å². The third-order valence-electron chi connectivity index (χ3n) is 2.80. The van der Waals surface area contributed by atoms with Crippen LogP contribution in [0.2, 0.25) is 0 Å². The van der Waals surface area contributed by atoms with Crippen LogP contribution >= 0.6 is 0 Å². The zero-order chi connectivity index (χ0) is 13.3. The summed E-state index contributed by atoms with van der Waals surface area (Å²) in [4.78, 5) is 28.5. The molecule has 0 atom stereocenters. The largest absolute Gasteiger partial charge is 0.466 e. The molecule has 0 spiro atoms. The molecule has 1 heterocycles. The second kappa shape index (κ2) is 4.62. The molecular formula is C13H13NO4. The number of amides is 1. The predicted molar refractivity (Wildman–Crippen MR) is 64.4 cm³/mol. The van der Waals surface area contributed by atoms with Crippen molar-refractivity contribution in [2.45, 2.75) is 6.92 Å². The molecule has 1 aliphatic heterocycles. The Morgan fingerprint density at radius 3 is 2.67 bits per heavy atom. The molecule has 0 unspecified atom stereocenters. The quantitative estimate of drug-likeness (QED) is 0.587. The maximum absolute atomic E-state index is 12.1. The molecule has 0 bridgehead atoms. The minimum Gasteiger partial charge on any atom is -0.466 e. The van der Waals surface area contributed by atoms with Gasteiger partial charge in [0.1, 0.15) is 0 Å². The Bertz CT molecular complexity index is 548. The molecule has 0 aromatic heterocycles. The van der Waals surface area contributed by atoms with E-state index in [4.69, 9.17) is 4.84 Å². The lowest BCUT2D eigenvalue weighted by atomic mass is 10.0. The highest BCUT2D eigenvalue weighted by molar-refractivity contribution is 6.11. The number of hydrogen-bond donors (Lipinski definition) is 0. The van der Waals surface area contributed by atoms with Gasteiger partial charge < -0.3 is 4.74 Å². The van der Waals surface area contributed by atoms with E-state index in [-0.39, 0.29) is 5.91 Å². The Kier molecular flexibility index (Phi) is 3.16. The Balaban J connectivity index is 2.61. The van der Waals surface area contributed by atoms with Crippen molar-refractivity contribution in [3.63, 3.8) is 0 Å². The number of aryl methyl sites for hydroxylation is 1. The van der Waals surface area contributed by atoms with Gasteiger partial charge in [0.25, 0.3) is 5.91 Å². The Morgan fingerprint density at radius 1 is 1.33 bits per heavy atom. The molecular weight excluding hydrogens is 234 g/mol. The van der Waals surface area contributed by atoms with Crippen LogP contribution in [0.5, 0.6) is 0 Å². The topological polar surface area (TPSA) is 55.8 Å². The van der Waals surface area contributed by atoms with Gasteiger partial charge in [-0.05, 0) is 12.5 Å². The van der Waals surface area contributed by atoms with Gasteiger partial charge >= 0.3 is 5.97 Å². The monoisotopic (exact) mass is 247 g/mol. The van der Waals surface area contributed by atoms with E-state index in [9.17, 15) is 9.59 Å². The van der Waals surface area contributed by atoms with E-state index in [0.717, 1.165) is 10.6 Å². The van der Waals surface area contributed by atoms with Crippen molar-refractivity contribution >= 4 is 17.6 Å². The summed E-state index contributed by atoms with van der Waals surface area (Å²) in [6.45, 7) is 1.84. The maximum Gasteiger partial charge on any atom is 0.332 e. The van der Waals surface area contributed by atoms with E-state index in [2.05, 4.69) is 4.74 Å². The second-order valence-electron chi connectivity index (χ2n) is 3.83. The molecule has 0 aliphatic carbocycles. The van der Waals surface area contributed by atoms with Gasteiger partial charge in [-0.1, -0.05) is 18.2 Å². The fourth-order valence-corrected chi connectivity index (χ4v) is 1.97. The van der Waals surface area contributed by atoms with Crippen LogP contribution in [0.25, 0.3) is 5.70 Å². The van der Waals surface area contributed by atoms with Crippen LogP contribution in [0, 0.1) is 6.92 Å². The third kappa shape index (κ3) is 1.78. The van der Waals surface area contributed by atoms with Crippen molar-refractivity contribution in [3.05, 3.63) is 41.0 Å². The number of rotatable bonds is 2. The van der Waals surface area contributed by atoms with Gasteiger partial charge in [0, 0.05) is 5.56 Å². The highest BCUT2D eigenvalue weighted by Gasteiger charge is 2.34. The average molecular weight is 247 g/mol. The van der Waals surface area contributed by atoms with Crippen LogP contribution in [0.3, 0.4) is 0 Å². The summed E-state index contributed by atoms with van der Waals surface area (Å²) in [5.41, 5.74) is 2.46. The molecule has 0 saturated heterocycles. The molecule has 0 saturated carbocycles. The highest BCUT2D eigenvalue weighted by atomic mass is 16.7. The smallest absolute Gasteiger partial charge is 0.332 e. The normalized spacial score (nSPS) is 16.1. The maximum atomic E-state index is 12.1. The second-order valence-corrected chi connectivity index (χ2v) is 3.83. The Morgan fingerprint density at radius 2 is 2.06 bits per heavy atom. The number of carbonyl (C=O) groups is 2. The molecule has 5 nitrogen and oxygen atoms in total. The standard InChI is InChI=1S/C13H13NO4/c1-8-5-4-6-9-10(7-11(15)17-2)14(18-3)13(16)12(8)9/h4-7H,1-3H3/b10-7+. The van der Waals surface area contributed by atoms with Crippen molar-refractivity contribution in [1.82, 2.24) is 5.06 Å². The van der Waals surface area contributed by atoms with Crippen molar-refractivity contribution in [2.75, 3.05) is 14.2 Å². The molecule has 1 aromatic rings. The number of hydroxylamine groups is 2. The van der Waals surface area contributed by atoms with Crippen molar-refractivity contribution in [3.8, 4) is 0 Å². The molecule has 2 rings (SSSR count). The first kappa shape index (κ1) is 12.3. The number of benzene rings is 1. The number of nitrogens with zero attached hydrogens (tertiary/aromatic N) is 1. The van der Waals surface area contributed by atoms with Crippen LogP contribution in [0.1, 0.15) is 21.5 Å². The molecule has 0 N–H and O–H groups in total. The van der Waals surface area contributed by atoms with Gasteiger partial charge in [0.15, 0.2) is 0 Å². The van der Waals surface area contributed by atoms with E-state index in [1.807, 2.05) is 19.1 Å². The molecule has 1 aromatic carbocycles. The summed E-state index contributed by atoms with van der Waals surface area (Å²) < 4.78 is 4.58. The lowest BCUT2D eigenvalue weighted by Gasteiger charge is -2.13. The summed E-state index contributed by atoms with van der Waals surface area (Å²) in [5.74, 6) is -0.810. The van der Waals surface area contributed by atoms with Crippen molar-refractivity contribution < 1.29 is 19.2 Å². The van der Waals surface area contributed by atoms with Gasteiger partial charge in [0.05, 0.1) is 31.6 Å². The number of esters is 1. The zero-order valence-electron chi connectivity index (χ0n) is 10.4. The average Bonchev–Trinajstić information content (AvgIpc) is 2.63. The van der Waals surface area contributed by atoms with Crippen LogP contribution in [-0.2, 0) is 14.4 Å². The number of hydrogen-bond acceptors (Lipinski definition) is 4. The fraction of sp³-hybridized carbons (Fsp3) is 0.231. The highest BCUT2D eigenvalue weighted by Crippen LogP contribution is 2.34. The SMILES string of the molecule is COC(=O)/C=C1\c2cccc(C)c2C(=O)N1OC. The first-order chi connectivity index (χ1) is 8.60. The Hall–Kier alpha value is -2.14. The van der Waals surface area contributed by atoms with Crippen LogP contribution < -0.4 is 0 Å². The number of ether oxygens (including phenoxy) is 1. The summed E-state index contributed by atoms with van der Waals surface area (Å²) in [6.07, 6.45) is 1.24. The minimum atomic E-state index is -0.533. The summed E-state index contributed by atoms with van der Waals surface area (Å²) in [7, 11) is 2.66.